The molecule has 2 aromatic rings. The number of anilines is 1. The minimum atomic E-state index is -0.279. The Labute approximate surface area is 139 Å². The highest BCUT2D eigenvalue weighted by Crippen LogP contribution is 2.39. The van der Waals surface area contributed by atoms with E-state index in [1.165, 1.54) is 15.3 Å². The summed E-state index contributed by atoms with van der Waals surface area (Å²) in [7, 11) is 2.20. The predicted octanol–water partition coefficient (Wildman–Crippen LogP) is 1.37. The molecular formula is C14H15IN3O2S+. The molecule has 3 N–H and O–H groups in total. The lowest BCUT2D eigenvalue weighted by Gasteiger charge is -2.25. The normalized spacial score (nSPS) is 24.0. The quantitative estimate of drug-likeness (QED) is 0.616. The van der Waals surface area contributed by atoms with E-state index in [9.17, 15) is 4.79 Å². The number of thiophene rings is 1. The summed E-state index contributed by atoms with van der Waals surface area (Å²) < 4.78 is 6.43. The molecule has 5 nitrogen and oxygen atoms in total. The molecule has 21 heavy (non-hydrogen) atoms. The fourth-order valence-electron chi connectivity index (χ4n) is 2.96. The Morgan fingerprint density at radius 2 is 2.29 bits per heavy atom. The Morgan fingerprint density at radius 1 is 1.43 bits per heavy atom. The molecular weight excluding hydrogens is 401 g/mol. The van der Waals surface area contributed by atoms with Gasteiger partial charge in [-0.2, -0.15) is 0 Å². The molecule has 0 bridgehead atoms. The highest BCUT2D eigenvalue weighted by molar-refractivity contribution is 14.1. The van der Waals surface area contributed by atoms with Gasteiger partial charge in [0.1, 0.15) is 17.3 Å². The van der Waals surface area contributed by atoms with Crippen LogP contribution in [0.4, 0.5) is 5.00 Å². The fourth-order valence-corrected chi connectivity index (χ4v) is 4.78. The highest BCUT2D eigenvalue weighted by Gasteiger charge is 2.34. The monoisotopic (exact) mass is 416 g/mol. The summed E-state index contributed by atoms with van der Waals surface area (Å²) in [5.74, 6) is 0.754. The van der Waals surface area contributed by atoms with E-state index in [0.29, 0.717) is 0 Å². The standard InChI is InChI=1S/C14H14IN3O2S/c1-18-5-4-7-9(6-18)21-14-11(7)13(19)16-12(17-14)8-2-3-10(15)20-8/h2-3,12,17H,4-6H2,1H3,(H,16,19)/p+1/t12-/m0/s1. The lowest BCUT2D eigenvalue weighted by atomic mass is 10.0. The number of hydrogen-bond acceptors (Lipinski definition) is 4. The number of likely N-dealkylation sites (N-methyl/N-ethyl adjacent to an activating group) is 1. The number of rotatable bonds is 1. The molecule has 0 aromatic carbocycles. The van der Waals surface area contributed by atoms with Crippen LogP contribution < -0.4 is 15.5 Å². The van der Waals surface area contributed by atoms with E-state index in [4.69, 9.17) is 4.42 Å². The van der Waals surface area contributed by atoms with Crippen molar-refractivity contribution < 1.29 is 14.1 Å². The largest absolute Gasteiger partial charge is 0.451 e. The van der Waals surface area contributed by atoms with Gasteiger partial charge in [-0.15, -0.1) is 11.3 Å². The Hall–Kier alpha value is -1.06. The van der Waals surface area contributed by atoms with Gasteiger partial charge in [-0.05, 0) is 40.3 Å². The Bertz CT molecular complexity index is 724. The van der Waals surface area contributed by atoms with Gasteiger partial charge < -0.3 is 20.0 Å². The first-order valence-electron chi connectivity index (χ1n) is 6.90. The van der Waals surface area contributed by atoms with Crippen molar-refractivity contribution in [2.75, 3.05) is 18.9 Å². The summed E-state index contributed by atoms with van der Waals surface area (Å²) in [5.41, 5.74) is 2.08. The van der Waals surface area contributed by atoms with Crippen molar-refractivity contribution in [3.05, 3.63) is 37.7 Å². The van der Waals surface area contributed by atoms with Crippen LogP contribution in [0.1, 0.15) is 32.7 Å². The third-order valence-corrected chi connectivity index (χ3v) is 5.75. The van der Waals surface area contributed by atoms with E-state index in [1.54, 1.807) is 11.3 Å². The predicted molar refractivity (Wildman–Crippen MR) is 88.7 cm³/mol. The zero-order chi connectivity index (χ0) is 14.6. The maximum Gasteiger partial charge on any atom is 0.256 e. The van der Waals surface area contributed by atoms with Crippen LogP contribution in [-0.2, 0) is 13.0 Å². The number of carbonyl (C=O) groups excluding carboxylic acids is 1. The van der Waals surface area contributed by atoms with Gasteiger partial charge in [-0.25, -0.2) is 0 Å². The molecule has 1 amide bonds. The smallest absolute Gasteiger partial charge is 0.256 e. The Kier molecular flexibility index (Phi) is 3.23. The van der Waals surface area contributed by atoms with Crippen LogP contribution in [0, 0.1) is 3.77 Å². The van der Waals surface area contributed by atoms with Crippen molar-refractivity contribution in [2.45, 2.75) is 19.1 Å². The first-order valence-corrected chi connectivity index (χ1v) is 8.80. The molecule has 0 fully saturated rings. The van der Waals surface area contributed by atoms with Crippen molar-refractivity contribution in [1.29, 1.82) is 0 Å². The third-order valence-electron chi connectivity index (χ3n) is 4.01. The van der Waals surface area contributed by atoms with Gasteiger partial charge in [0.05, 0.1) is 24.0 Å². The van der Waals surface area contributed by atoms with Crippen molar-refractivity contribution in [3.8, 4) is 0 Å². The van der Waals surface area contributed by atoms with Gasteiger partial charge in [0.2, 0.25) is 0 Å². The molecule has 4 heterocycles. The zero-order valence-electron chi connectivity index (χ0n) is 11.5. The van der Waals surface area contributed by atoms with Gasteiger partial charge in [-0.1, -0.05) is 0 Å². The average molecular weight is 416 g/mol. The number of halogens is 1. The number of amides is 1. The molecule has 2 aromatic heterocycles. The lowest BCUT2D eigenvalue weighted by molar-refractivity contribution is -0.895. The SMILES string of the molecule is C[NH+]1CCc2c(sc3c2C(=O)N[C@H](c2ccc(I)o2)N3)C1. The molecule has 1 unspecified atom stereocenters. The van der Waals surface area contributed by atoms with Gasteiger partial charge in [0, 0.05) is 6.42 Å². The first kappa shape index (κ1) is 13.6. The molecule has 0 saturated heterocycles. The van der Waals surface area contributed by atoms with E-state index < -0.39 is 0 Å². The van der Waals surface area contributed by atoms with Crippen molar-refractivity contribution in [3.63, 3.8) is 0 Å². The second-order valence-electron chi connectivity index (χ2n) is 5.53. The minimum Gasteiger partial charge on any atom is -0.451 e. The van der Waals surface area contributed by atoms with E-state index in [1.807, 2.05) is 12.1 Å². The van der Waals surface area contributed by atoms with Crippen LogP contribution in [0.2, 0.25) is 0 Å². The second-order valence-corrected chi connectivity index (χ2v) is 7.70. The number of carbonyl (C=O) groups is 1. The van der Waals surface area contributed by atoms with Crippen molar-refractivity contribution >= 4 is 44.8 Å². The van der Waals surface area contributed by atoms with Gasteiger partial charge >= 0.3 is 0 Å². The lowest BCUT2D eigenvalue weighted by Crippen LogP contribution is -3.08. The molecule has 0 spiro atoms. The molecule has 2 aliphatic rings. The number of nitrogens with one attached hydrogen (secondary N) is 3. The molecule has 7 heteroatoms. The molecule has 0 saturated carbocycles. The van der Waals surface area contributed by atoms with E-state index in [2.05, 4.69) is 40.3 Å². The molecule has 0 radical (unpaired) electrons. The third kappa shape index (κ3) is 2.27. The summed E-state index contributed by atoms with van der Waals surface area (Å²) >= 11 is 3.84. The summed E-state index contributed by atoms with van der Waals surface area (Å²) in [4.78, 5) is 15.3. The van der Waals surface area contributed by atoms with Crippen molar-refractivity contribution in [2.24, 2.45) is 0 Å². The number of hydrogen-bond donors (Lipinski definition) is 3. The number of furan rings is 1. The van der Waals surface area contributed by atoms with Gasteiger partial charge in [0.25, 0.3) is 5.91 Å². The van der Waals surface area contributed by atoms with E-state index >= 15 is 0 Å². The fraction of sp³-hybridized carbons (Fsp3) is 0.357. The maximum atomic E-state index is 12.5. The summed E-state index contributed by atoms with van der Waals surface area (Å²) in [6, 6.07) is 3.80. The molecule has 110 valence electrons. The van der Waals surface area contributed by atoms with E-state index in [0.717, 1.165) is 39.6 Å². The first-order chi connectivity index (χ1) is 10.1. The van der Waals surface area contributed by atoms with Crippen LogP contribution in [0.15, 0.2) is 16.5 Å². The van der Waals surface area contributed by atoms with Gasteiger partial charge in [0.15, 0.2) is 9.93 Å². The molecule has 2 aliphatic heterocycles. The second kappa shape index (κ2) is 4.99. The summed E-state index contributed by atoms with van der Waals surface area (Å²) in [5, 5.41) is 7.39. The highest BCUT2D eigenvalue weighted by atomic mass is 127. The van der Waals surface area contributed by atoms with Crippen molar-refractivity contribution in [1.82, 2.24) is 5.32 Å². The van der Waals surface area contributed by atoms with Crippen LogP contribution in [0.5, 0.6) is 0 Å². The minimum absolute atomic E-state index is 0.0113. The average Bonchev–Trinajstić information content (AvgIpc) is 3.01. The van der Waals surface area contributed by atoms with Gasteiger partial charge in [-0.3, -0.25) is 4.79 Å². The topological polar surface area (TPSA) is 58.7 Å². The summed E-state index contributed by atoms with van der Waals surface area (Å²) in [6.45, 7) is 2.09. The molecule has 0 aliphatic carbocycles. The van der Waals surface area contributed by atoms with Crippen LogP contribution >= 0.6 is 33.9 Å². The van der Waals surface area contributed by atoms with Crippen LogP contribution in [0.25, 0.3) is 0 Å². The number of fused-ring (bicyclic) bond motifs is 3. The van der Waals surface area contributed by atoms with Crippen LogP contribution in [0.3, 0.4) is 0 Å². The zero-order valence-corrected chi connectivity index (χ0v) is 14.4. The van der Waals surface area contributed by atoms with E-state index in [-0.39, 0.29) is 12.1 Å². The Morgan fingerprint density at radius 3 is 3.05 bits per heavy atom. The molecule has 2 atom stereocenters. The molecule has 4 rings (SSSR count). The summed E-state index contributed by atoms with van der Waals surface area (Å²) in [6.07, 6.45) is 0.699. The number of quaternary nitrogens is 1. The Balaban J connectivity index is 1.71. The van der Waals surface area contributed by atoms with Crippen LogP contribution in [-0.4, -0.2) is 19.5 Å². The maximum absolute atomic E-state index is 12.5.